The highest BCUT2D eigenvalue weighted by atomic mass is 16.5. The van der Waals surface area contributed by atoms with Gasteiger partial charge in [0.1, 0.15) is 5.75 Å². The van der Waals surface area contributed by atoms with Crippen LogP contribution in [0.25, 0.3) is 0 Å². The average Bonchev–Trinajstić information content (AvgIpc) is 2.36. The first-order chi connectivity index (χ1) is 8.43. The largest absolute Gasteiger partial charge is 0.484 e. The van der Waals surface area contributed by atoms with Crippen LogP contribution in [-0.4, -0.2) is 25.6 Å². The molecule has 0 saturated heterocycles. The molecular weight excluding hydrogens is 228 g/mol. The van der Waals surface area contributed by atoms with Gasteiger partial charge in [-0.15, -0.1) is 0 Å². The van der Waals surface area contributed by atoms with Crippen LogP contribution in [0.15, 0.2) is 24.3 Å². The number of nitrogens with one attached hydrogen (secondary N) is 1. The molecule has 0 atom stereocenters. The molecule has 0 heterocycles. The standard InChI is InChI=1S/C14H22N2O2/c1-11-4-6-12(7-5-11)18-8-13(17)16-10-14(2,3)9-15/h4-7H,8-10,15H2,1-3H3,(H,16,17). The van der Waals surface area contributed by atoms with Gasteiger partial charge in [0.05, 0.1) is 0 Å². The molecule has 0 bridgehead atoms. The van der Waals surface area contributed by atoms with Gasteiger partial charge in [-0.05, 0) is 31.0 Å². The molecule has 0 spiro atoms. The first kappa shape index (κ1) is 14.5. The minimum absolute atomic E-state index is 0.0315. The van der Waals surface area contributed by atoms with E-state index in [1.807, 2.05) is 45.0 Å². The van der Waals surface area contributed by atoms with Crippen molar-refractivity contribution >= 4 is 5.91 Å². The topological polar surface area (TPSA) is 64.3 Å². The van der Waals surface area contributed by atoms with Crippen molar-refractivity contribution < 1.29 is 9.53 Å². The second kappa shape index (κ2) is 6.40. The maximum atomic E-state index is 11.6. The van der Waals surface area contributed by atoms with E-state index < -0.39 is 0 Å². The van der Waals surface area contributed by atoms with E-state index in [9.17, 15) is 4.79 Å². The number of nitrogens with two attached hydrogens (primary N) is 1. The van der Waals surface area contributed by atoms with E-state index >= 15 is 0 Å². The second-order valence-corrected chi connectivity index (χ2v) is 5.25. The highest BCUT2D eigenvalue weighted by molar-refractivity contribution is 5.77. The monoisotopic (exact) mass is 250 g/mol. The third-order valence-corrected chi connectivity index (χ3v) is 2.71. The third-order valence-electron chi connectivity index (χ3n) is 2.71. The van der Waals surface area contributed by atoms with E-state index in [1.165, 1.54) is 0 Å². The Morgan fingerprint density at radius 2 is 1.94 bits per heavy atom. The summed E-state index contributed by atoms with van der Waals surface area (Å²) in [4.78, 5) is 11.6. The van der Waals surface area contributed by atoms with Gasteiger partial charge in [-0.1, -0.05) is 31.5 Å². The Morgan fingerprint density at radius 1 is 1.33 bits per heavy atom. The molecule has 0 aromatic heterocycles. The Morgan fingerprint density at radius 3 is 2.50 bits per heavy atom. The molecule has 0 radical (unpaired) electrons. The smallest absolute Gasteiger partial charge is 0.257 e. The Kier molecular flexibility index (Phi) is 5.16. The van der Waals surface area contributed by atoms with Gasteiger partial charge >= 0.3 is 0 Å². The maximum Gasteiger partial charge on any atom is 0.257 e. The van der Waals surface area contributed by atoms with Gasteiger partial charge in [-0.25, -0.2) is 0 Å². The van der Waals surface area contributed by atoms with Crippen LogP contribution in [0.1, 0.15) is 19.4 Å². The molecule has 100 valence electrons. The summed E-state index contributed by atoms with van der Waals surface area (Å²) in [7, 11) is 0. The van der Waals surface area contributed by atoms with Crippen molar-refractivity contribution in [1.82, 2.24) is 5.32 Å². The molecule has 0 aliphatic rings. The molecule has 0 aliphatic carbocycles. The number of benzene rings is 1. The normalized spacial score (nSPS) is 11.1. The lowest BCUT2D eigenvalue weighted by molar-refractivity contribution is -0.123. The van der Waals surface area contributed by atoms with Gasteiger partial charge in [0, 0.05) is 6.54 Å². The Bertz CT molecular complexity index is 385. The molecule has 18 heavy (non-hydrogen) atoms. The van der Waals surface area contributed by atoms with Crippen LogP contribution in [0.4, 0.5) is 0 Å². The molecule has 0 unspecified atom stereocenters. The number of hydrogen-bond acceptors (Lipinski definition) is 3. The second-order valence-electron chi connectivity index (χ2n) is 5.25. The van der Waals surface area contributed by atoms with Gasteiger partial charge in [0.25, 0.3) is 5.91 Å². The summed E-state index contributed by atoms with van der Waals surface area (Å²) in [6.07, 6.45) is 0. The van der Waals surface area contributed by atoms with Crippen LogP contribution in [0, 0.1) is 12.3 Å². The molecule has 0 saturated carbocycles. The summed E-state index contributed by atoms with van der Waals surface area (Å²) in [5.74, 6) is 0.575. The number of rotatable bonds is 6. The Hall–Kier alpha value is -1.55. The minimum atomic E-state index is -0.128. The number of carbonyl (C=O) groups excluding carboxylic acids is 1. The van der Waals surface area contributed by atoms with Crippen LogP contribution in [-0.2, 0) is 4.79 Å². The molecule has 1 amide bonds. The number of hydrogen-bond donors (Lipinski definition) is 2. The number of carbonyl (C=O) groups is 1. The van der Waals surface area contributed by atoms with E-state index in [0.717, 1.165) is 5.56 Å². The van der Waals surface area contributed by atoms with E-state index in [1.54, 1.807) is 0 Å². The summed E-state index contributed by atoms with van der Waals surface area (Å²) in [5.41, 5.74) is 6.67. The van der Waals surface area contributed by atoms with Crippen LogP contribution < -0.4 is 15.8 Å². The van der Waals surface area contributed by atoms with Crippen molar-refractivity contribution in [3.8, 4) is 5.75 Å². The fourth-order valence-corrected chi connectivity index (χ4v) is 1.24. The van der Waals surface area contributed by atoms with Gasteiger partial charge < -0.3 is 15.8 Å². The van der Waals surface area contributed by atoms with Crippen LogP contribution in [0.2, 0.25) is 0 Å². The van der Waals surface area contributed by atoms with E-state index in [2.05, 4.69) is 5.32 Å². The molecule has 3 N–H and O–H groups in total. The fourth-order valence-electron chi connectivity index (χ4n) is 1.24. The summed E-state index contributed by atoms with van der Waals surface area (Å²) in [6, 6.07) is 7.61. The van der Waals surface area contributed by atoms with Crippen molar-refractivity contribution in [1.29, 1.82) is 0 Å². The molecule has 0 aliphatic heterocycles. The molecule has 4 heteroatoms. The third kappa shape index (κ3) is 5.19. The molecule has 1 aromatic carbocycles. The summed E-state index contributed by atoms with van der Waals surface area (Å²) in [5, 5.41) is 2.81. The Balaban J connectivity index is 2.31. The van der Waals surface area contributed by atoms with E-state index in [4.69, 9.17) is 10.5 Å². The van der Waals surface area contributed by atoms with Crippen LogP contribution in [0.3, 0.4) is 0 Å². The molecular formula is C14H22N2O2. The highest BCUT2D eigenvalue weighted by Crippen LogP contribution is 2.12. The van der Waals surface area contributed by atoms with Crippen molar-refractivity contribution in [2.24, 2.45) is 11.1 Å². The molecule has 4 nitrogen and oxygen atoms in total. The predicted molar refractivity (Wildman–Crippen MR) is 72.5 cm³/mol. The van der Waals surface area contributed by atoms with Gasteiger partial charge in [-0.2, -0.15) is 0 Å². The lowest BCUT2D eigenvalue weighted by Gasteiger charge is -2.22. The van der Waals surface area contributed by atoms with Crippen LogP contribution in [0.5, 0.6) is 5.75 Å². The van der Waals surface area contributed by atoms with Crippen molar-refractivity contribution in [3.05, 3.63) is 29.8 Å². The number of ether oxygens (including phenoxy) is 1. The number of aryl methyl sites for hydroxylation is 1. The first-order valence-corrected chi connectivity index (χ1v) is 6.09. The van der Waals surface area contributed by atoms with Gasteiger partial charge in [-0.3, -0.25) is 4.79 Å². The van der Waals surface area contributed by atoms with Gasteiger partial charge in [0.15, 0.2) is 6.61 Å². The number of amides is 1. The van der Waals surface area contributed by atoms with Crippen LogP contribution >= 0.6 is 0 Å². The molecule has 0 fully saturated rings. The van der Waals surface area contributed by atoms with Gasteiger partial charge in [0.2, 0.25) is 0 Å². The molecule has 1 rings (SSSR count). The van der Waals surface area contributed by atoms with Crippen molar-refractivity contribution in [3.63, 3.8) is 0 Å². The van der Waals surface area contributed by atoms with E-state index in [-0.39, 0.29) is 17.9 Å². The zero-order chi connectivity index (χ0) is 13.6. The lowest BCUT2D eigenvalue weighted by atomic mass is 9.94. The quantitative estimate of drug-likeness (QED) is 0.803. The molecule has 1 aromatic rings. The minimum Gasteiger partial charge on any atom is -0.484 e. The van der Waals surface area contributed by atoms with Crippen molar-refractivity contribution in [2.75, 3.05) is 19.7 Å². The van der Waals surface area contributed by atoms with Crippen molar-refractivity contribution in [2.45, 2.75) is 20.8 Å². The predicted octanol–water partition coefficient (Wildman–Crippen LogP) is 1.47. The highest BCUT2D eigenvalue weighted by Gasteiger charge is 2.16. The average molecular weight is 250 g/mol. The summed E-state index contributed by atoms with van der Waals surface area (Å²) >= 11 is 0. The first-order valence-electron chi connectivity index (χ1n) is 6.09. The Labute approximate surface area is 109 Å². The SMILES string of the molecule is Cc1ccc(OCC(=O)NCC(C)(C)CN)cc1. The zero-order valence-corrected chi connectivity index (χ0v) is 11.3. The maximum absolute atomic E-state index is 11.6. The van der Waals surface area contributed by atoms with E-state index in [0.29, 0.717) is 18.8 Å². The summed E-state index contributed by atoms with van der Waals surface area (Å²) in [6.45, 7) is 7.14. The fraction of sp³-hybridized carbons (Fsp3) is 0.500. The summed E-state index contributed by atoms with van der Waals surface area (Å²) < 4.78 is 5.38. The lowest BCUT2D eigenvalue weighted by Crippen LogP contribution is -2.40. The zero-order valence-electron chi connectivity index (χ0n) is 11.3.